The minimum absolute atomic E-state index is 0.346. The van der Waals surface area contributed by atoms with E-state index >= 15 is 0 Å². The number of hydrogen-bond acceptors (Lipinski definition) is 3. The van der Waals surface area contributed by atoms with E-state index < -0.39 is 0 Å². The molecule has 2 heterocycles. The van der Waals surface area contributed by atoms with Gasteiger partial charge in [0.25, 0.3) is 0 Å². The molecule has 0 saturated carbocycles. The van der Waals surface area contributed by atoms with Crippen LogP contribution >= 0.6 is 11.3 Å². The lowest BCUT2D eigenvalue weighted by atomic mass is 10.1. The van der Waals surface area contributed by atoms with E-state index in [4.69, 9.17) is 9.72 Å². The van der Waals surface area contributed by atoms with Gasteiger partial charge in [-0.05, 0) is 26.8 Å². The van der Waals surface area contributed by atoms with Gasteiger partial charge in [0.15, 0.2) is 0 Å². The second kappa shape index (κ2) is 6.26. The van der Waals surface area contributed by atoms with Gasteiger partial charge in [-0.15, -0.1) is 11.3 Å². The van der Waals surface area contributed by atoms with Crippen molar-refractivity contribution < 1.29 is 9.64 Å². The van der Waals surface area contributed by atoms with Gasteiger partial charge in [0.2, 0.25) is 0 Å². The van der Waals surface area contributed by atoms with Crippen molar-refractivity contribution in [3.63, 3.8) is 0 Å². The third-order valence-corrected chi connectivity index (χ3v) is 4.80. The molecule has 0 unspecified atom stereocenters. The number of ether oxygens (including phenoxy) is 1. The van der Waals surface area contributed by atoms with E-state index in [1.54, 1.807) is 16.2 Å². The molecule has 0 spiro atoms. The van der Waals surface area contributed by atoms with E-state index in [1.165, 1.54) is 16.8 Å². The highest BCUT2D eigenvalue weighted by Gasteiger charge is 2.26. The lowest BCUT2D eigenvalue weighted by Gasteiger charge is -2.31. The summed E-state index contributed by atoms with van der Waals surface area (Å²) in [6, 6.07) is 8.57. The summed E-state index contributed by atoms with van der Waals surface area (Å²) < 4.78 is 5.80. The molecule has 0 bridgehead atoms. The molecule has 1 aromatic carbocycles. The summed E-state index contributed by atoms with van der Waals surface area (Å²) in [5.41, 5.74) is 3.71. The van der Waals surface area contributed by atoms with E-state index in [-0.39, 0.29) is 0 Å². The Balaban J connectivity index is 1.70. The maximum absolute atomic E-state index is 5.80. The number of hydrogen-bond donors (Lipinski definition) is 1. The van der Waals surface area contributed by atoms with E-state index in [2.05, 4.69) is 50.4 Å². The quantitative estimate of drug-likeness (QED) is 0.942. The van der Waals surface area contributed by atoms with Gasteiger partial charge in [-0.2, -0.15) is 0 Å². The molecule has 0 radical (unpaired) electrons. The van der Waals surface area contributed by atoms with Gasteiger partial charge < -0.3 is 9.64 Å². The smallest absolute Gasteiger partial charge is 0.123 e. The van der Waals surface area contributed by atoms with Crippen LogP contribution in [-0.4, -0.2) is 30.3 Å². The Labute approximate surface area is 130 Å². The maximum Gasteiger partial charge on any atom is 0.123 e. The fourth-order valence-corrected chi connectivity index (χ4v) is 3.91. The highest BCUT2D eigenvalue weighted by Crippen LogP contribution is 2.24. The van der Waals surface area contributed by atoms with Crippen molar-refractivity contribution >= 4 is 11.3 Å². The molecule has 112 valence electrons. The Morgan fingerprint density at radius 3 is 2.76 bits per heavy atom. The molecule has 4 heteroatoms. The Morgan fingerprint density at radius 1 is 1.29 bits per heavy atom. The van der Waals surface area contributed by atoms with E-state index in [0.29, 0.717) is 12.2 Å². The summed E-state index contributed by atoms with van der Waals surface area (Å²) in [5.74, 6) is 0. The summed E-state index contributed by atoms with van der Waals surface area (Å²) in [6.07, 6.45) is 0.692. The van der Waals surface area contributed by atoms with Gasteiger partial charge in [0.05, 0.1) is 0 Å². The first-order valence-electron chi connectivity index (χ1n) is 7.60. The van der Waals surface area contributed by atoms with Crippen molar-refractivity contribution in [3.8, 4) is 10.6 Å². The number of quaternary nitrogens is 1. The minimum Gasteiger partial charge on any atom is -0.364 e. The van der Waals surface area contributed by atoms with Crippen LogP contribution in [0, 0.1) is 6.92 Å². The zero-order chi connectivity index (χ0) is 14.8. The molecule has 1 saturated heterocycles. The zero-order valence-electron chi connectivity index (χ0n) is 12.9. The van der Waals surface area contributed by atoms with Crippen LogP contribution in [0.2, 0.25) is 0 Å². The predicted octanol–water partition coefficient (Wildman–Crippen LogP) is 2.31. The van der Waals surface area contributed by atoms with E-state index in [1.807, 2.05) is 0 Å². The number of benzene rings is 1. The second-order valence-corrected chi connectivity index (χ2v) is 6.96. The van der Waals surface area contributed by atoms with Crippen LogP contribution in [0.3, 0.4) is 0 Å². The van der Waals surface area contributed by atoms with E-state index in [0.717, 1.165) is 24.6 Å². The normalized spacial score (nSPS) is 26.0. The molecule has 21 heavy (non-hydrogen) atoms. The third-order valence-electron chi connectivity index (χ3n) is 3.86. The zero-order valence-corrected chi connectivity index (χ0v) is 13.7. The first-order chi connectivity index (χ1) is 10.1. The van der Waals surface area contributed by atoms with Gasteiger partial charge in [-0.1, -0.05) is 23.8 Å². The Morgan fingerprint density at radius 2 is 2.05 bits per heavy atom. The largest absolute Gasteiger partial charge is 0.364 e. The average Bonchev–Trinajstić information content (AvgIpc) is 2.86. The van der Waals surface area contributed by atoms with Crippen molar-refractivity contribution in [3.05, 3.63) is 40.9 Å². The first kappa shape index (κ1) is 14.7. The fourth-order valence-electron chi connectivity index (χ4n) is 3.09. The van der Waals surface area contributed by atoms with Crippen molar-refractivity contribution in [2.45, 2.75) is 39.5 Å². The molecule has 1 N–H and O–H groups in total. The molecule has 1 aromatic heterocycles. The summed E-state index contributed by atoms with van der Waals surface area (Å²) in [5, 5.41) is 3.33. The summed E-state index contributed by atoms with van der Waals surface area (Å²) in [6.45, 7) is 9.59. The Kier molecular flexibility index (Phi) is 4.38. The van der Waals surface area contributed by atoms with Gasteiger partial charge in [-0.3, -0.25) is 0 Å². The van der Waals surface area contributed by atoms with Crippen LogP contribution in [-0.2, 0) is 11.3 Å². The van der Waals surface area contributed by atoms with Crippen LogP contribution in [0.15, 0.2) is 29.6 Å². The molecule has 3 rings (SSSR count). The molecule has 1 aliphatic heterocycles. The third kappa shape index (κ3) is 3.70. The van der Waals surface area contributed by atoms with E-state index in [9.17, 15) is 0 Å². The summed E-state index contributed by atoms with van der Waals surface area (Å²) >= 11 is 1.75. The van der Waals surface area contributed by atoms with Crippen molar-refractivity contribution in [2.75, 3.05) is 13.1 Å². The number of nitrogens with one attached hydrogen (secondary N) is 1. The first-order valence-corrected chi connectivity index (χ1v) is 8.48. The molecule has 2 atom stereocenters. The van der Waals surface area contributed by atoms with Crippen LogP contribution in [0.5, 0.6) is 0 Å². The number of aryl methyl sites for hydroxylation is 1. The SMILES string of the molecule is Cc1cccc(-c2nc(C[NH+]3C[C@H](C)O[C@@H](C)C3)cs2)c1. The lowest BCUT2D eigenvalue weighted by Crippen LogP contribution is -3.14. The molecular formula is C17H23N2OS+. The van der Waals surface area contributed by atoms with Crippen LogP contribution in [0.25, 0.3) is 10.6 Å². The minimum atomic E-state index is 0.346. The van der Waals surface area contributed by atoms with Gasteiger partial charge in [0.1, 0.15) is 42.5 Å². The monoisotopic (exact) mass is 303 g/mol. The Hall–Kier alpha value is -1.23. The van der Waals surface area contributed by atoms with Crippen LogP contribution < -0.4 is 4.90 Å². The number of thiazole rings is 1. The molecule has 1 aliphatic rings. The fraction of sp³-hybridized carbons (Fsp3) is 0.471. The maximum atomic E-state index is 5.80. The van der Waals surface area contributed by atoms with Crippen LogP contribution in [0.4, 0.5) is 0 Å². The summed E-state index contributed by atoms with van der Waals surface area (Å²) in [4.78, 5) is 6.39. The number of aromatic nitrogens is 1. The Bertz CT molecular complexity index is 600. The van der Waals surface area contributed by atoms with Crippen molar-refractivity contribution in [1.82, 2.24) is 4.98 Å². The molecule has 0 aliphatic carbocycles. The highest BCUT2D eigenvalue weighted by atomic mass is 32.1. The highest BCUT2D eigenvalue weighted by molar-refractivity contribution is 7.13. The van der Waals surface area contributed by atoms with Crippen molar-refractivity contribution in [2.24, 2.45) is 0 Å². The summed E-state index contributed by atoms with van der Waals surface area (Å²) in [7, 11) is 0. The van der Waals surface area contributed by atoms with Gasteiger partial charge in [-0.25, -0.2) is 4.98 Å². The molecule has 0 amide bonds. The molecular weight excluding hydrogens is 280 g/mol. The van der Waals surface area contributed by atoms with Gasteiger partial charge in [0, 0.05) is 10.9 Å². The molecule has 2 aromatic rings. The lowest BCUT2D eigenvalue weighted by molar-refractivity contribution is -0.928. The molecule has 1 fully saturated rings. The predicted molar refractivity (Wildman–Crippen MR) is 86.7 cm³/mol. The molecule has 3 nitrogen and oxygen atoms in total. The standard InChI is InChI=1S/C17H22N2OS/c1-12-5-4-6-15(7-12)17-18-16(11-21-17)10-19-8-13(2)20-14(3)9-19/h4-7,11,13-14H,8-10H2,1-3H3/p+1/t13-,14-/m0/s1. The second-order valence-electron chi connectivity index (χ2n) is 6.11. The van der Waals surface area contributed by atoms with Gasteiger partial charge >= 0.3 is 0 Å². The van der Waals surface area contributed by atoms with Crippen molar-refractivity contribution in [1.29, 1.82) is 0 Å². The van der Waals surface area contributed by atoms with Crippen LogP contribution in [0.1, 0.15) is 25.1 Å². The number of morpholine rings is 1. The topological polar surface area (TPSA) is 26.6 Å². The average molecular weight is 303 g/mol. The number of rotatable bonds is 3. The number of nitrogens with zero attached hydrogens (tertiary/aromatic N) is 1.